The van der Waals surface area contributed by atoms with E-state index in [2.05, 4.69) is 14.9 Å². The molecule has 1 unspecified atom stereocenters. The molecule has 7 nitrogen and oxygen atoms in total. The minimum Gasteiger partial charge on any atom is -0.391 e. The number of nitrogen functional groups attached to an aromatic ring is 1. The smallest absolute Gasteiger partial charge is 0.280 e. The summed E-state index contributed by atoms with van der Waals surface area (Å²) in [5.74, 6) is -0.364. The number of hydrogen-bond donors (Lipinski definition) is 2. The number of amides is 1. The molecular weight excluding hydrogens is 188 g/mol. The zero-order valence-corrected chi connectivity index (χ0v) is 7.38. The number of β-amino-alcohol motifs (C(OH)–C–C–N with tert-alkyl or cyclic N) is 1. The van der Waals surface area contributed by atoms with Crippen molar-refractivity contribution in [2.75, 3.05) is 18.8 Å². The normalized spacial score (nSPS) is 21.5. The molecule has 7 heteroatoms. The first-order valence-corrected chi connectivity index (χ1v) is 4.24. The van der Waals surface area contributed by atoms with Crippen LogP contribution in [0.4, 0.5) is 5.82 Å². The lowest BCUT2D eigenvalue weighted by atomic mass is 10.3. The molecule has 1 aromatic rings. The second kappa shape index (κ2) is 3.26. The minimum absolute atomic E-state index is 0.0131. The Morgan fingerprint density at radius 1 is 1.64 bits per heavy atom. The van der Waals surface area contributed by atoms with Crippen LogP contribution in [0.2, 0.25) is 0 Å². The summed E-state index contributed by atoms with van der Waals surface area (Å²) in [6.45, 7) is 0.817. The SMILES string of the molecule is Nc1nonc1C(=O)N1CCC(O)C1. The van der Waals surface area contributed by atoms with Crippen LogP contribution in [-0.2, 0) is 0 Å². The largest absolute Gasteiger partial charge is 0.391 e. The molecule has 1 aliphatic rings. The lowest BCUT2D eigenvalue weighted by Crippen LogP contribution is -2.30. The summed E-state index contributed by atoms with van der Waals surface area (Å²) in [7, 11) is 0. The van der Waals surface area contributed by atoms with Crippen LogP contribution < -0.4 is 5.73 Å². The molecule has 0 aliphatic carbocycles. The first-order chi connectivity index (χ1) is 6.68. The van der Waals surface area contributed by atoms with Crippen molar-refractivity contribution in [1.82, 2.24) is 15.2 Å². The van der Waals surface area contributed by atoms with E-state index in [-0.39, 0.29) is 17.4 Å². The van der Waals surface area contributed by atoms with Crippen molar-refractivity contribution in [1.29, 1.82) is 0 Å². The van der Waals surface area contributed by atoms with Crippen LogP contribution in [-0.4, -0.2) is 45.4 Å². The molecule has 0 spiro atoms. The van der Waals surface area contributed by atoms with Crippen molar-refractivity contribution >= 4 is 11.7 Å². The molecular formula is C7H10N4O3. The van der Waals surface area contributed by atoms with Crippen LogP contribution in [0.5, 0.6) is 0 Å². The number of likely N-dealkylation sites (tertiary alicyclic amines) is 1. The lowest BCUT2D eigenvalue weighted by molar-refractivity contribution is 0.0755. The zero-order chi connectivity index (χ0) is 10.1. The van der Waals surface area contributed by atoms with Crippen molar-refractivity contribution in [2.24, 2.45) is 0 Å². The van der Waals surface area contributed by atoms with Crippen LogP contribution in [0.15, 0.2) is 4.63 Å². The lowest BCUT2D eigenvalue weighted by Gasteiger charge is -2.12. The van der Waals surface area contributed by atoms with Gasteiger partial charge >= 0.3 is 0 Å². The summed E-state index contributed by atoms with van der Waals surface area (Å²) in [5.41, 5.74) is 5.38. The van der Waals surface area contributed by atoms with Crippen LogP contribution >= 0.6 is 0 Å². The molecule has 1 saturated heterocycles. The Bertz CT molecular complexity index is 350. The minimum atomic E-state index is -0.458. The van der Waals surface area contributed by atoms with Gasteiger partial charge in [0.25, 0.3) is 5.91 Å². The van der Waals surface area contributed by atoms with Gasteiger partial charge in [-0.1, -0.05) is 0 Å². The highest BCUT2D eigenvalue weighted by Gasteiger charge is 2.28. The molecule has 1 aliphatic heterocycles. The average Bonchev–Trinajstić information content (AvgIpc) is 2.73. The van der Waals surface area contributed by atoms with Crippen molar-refractivity contribution in [2.45, 2.75) is 12.5 Å². The van der Waals surface area contributed by atoms with E-state index in [0.717, 1.165) is 0 Å². The predicted octanol–water partition coefficient (Wildman–Crippen LogP) is -1.14. The van der Waals surface area contributed by atoms with E-state index in [4.69, 9.17) is 5.73 Å². The predicted molar refractivity (Wildman–Crippen MR) is 45.2 cm³/mol. The molecule has 1 atom stereocenters. The van der Waals surface area contributed by atoms with Crippen molar-refractivity contribution < 1.29 is 14.5 Å². The maximum Gasteiger partial charge on any atom is 0.280 e. The van der Waals surface area contributed by atoms with Crippen LogP contribution in [0.25, 0.3) is 0 Å². The Hall–Kier alpha value is -1.63. The monoisotopic (exact) mass is 198 g/mol. The highest BCUT2D eigenvalue weighted by Crippen LogP contribution is 2.14. The molecule has 0 bridgehead atoms. The molecule has 1 aromatic heterocycles. The van der Waals surface area contributed by atoms with E-state index in [1.165, 1.54) is 4.90 Å². The molecule has 3 N–H and O–H groups in total. The highest BCUT2D eigenvalue weighted by atomic mass is 16.6. The molecule has 0 saturated carbocycles. The van der Waals surface area contributed by atoms with Gasteiger partial charge in [0.1, 0.15) is 0 Å². The summed E-state index contributed by atoms with van der Waals surface area (Å²) in [6, 6.07) is 0. The van der Waals surface area contributed by atoms with Crippen molar-refractivity contribution in [3.8, 4) is 0 Å². The molecule has 1 amide bonds. The van der Waals surface area contributed by atoms with Gasteiger partial charge in [0.15, 0.2) is 0 Å². The van der Waals surface area contributed by atoms with E-state index >= 15 is 0 Å². The molecule has 1 fully saturated rings. The van der Waals surface area contributed by atoms with E-state index in [9.17, 15) is 9.90 Å². The molecule has 76 valence electrons. The van der Waals surface area contributed by atoms with Crippen LogP contribution in [0, 0.1) is 0 Å². The summed E-state index contributed by atoms with van der Waals surface area (Å²) < 4.78 is 4.32. The van der Waals surface area contributed by atoms with Crippen LogP contribution in [0.1, 0.15) is 16.9 Å². The van der Waals surface area contributed by atoms with Gasteiger partial charge in [0.2, 0.25) is 11.5 Å². The third-order valence-electron chi connectivity index (χ3n) is 2.17. The number of aliphatic hydroxyl groups excluding tert-OH is 1. The fourth-order valence-electron chi connectivity index (χ4n) is 1.42. The fraction of sp³-hybridized carbons (Fsp3) is 0.571. The van der Waals surface area contributed by atoms with E-state index in [0.29, 0.717) is 19.5 Å². The molecule has 14 heavy (non-hydrogen) atoms. The highest BCUT2D eigenvalue weighted by molar-refractivity contribution is 5.96. The summed E-state index contributed by atoms with van der Waals surface area (Å²) in [6.07, 6.45) is 0.122. The van der Waals surface area contributed by atoms with Gasteiger partial charge in [0, 0.05) is 13.1 Å². The third kappa shape index (κ3) is 1.41. The first kappa shape index (κ1) is 8.95. The van der Waals surface area contributed by atoms with Gasteiger partial charge in [-0.2, -0.15) is 0 Å². The summed E-state index contributed by atoms with van der Waals surface area (Å²) in [5, 5.41) is 15.9. The van der Waals surface area contributed by atoms with Gasteiger partial charge in [0.05, 0.1) is 6.10 Å². The number of carbonyl (C=O) groups excluding carboxylic acids is 1. The summed E-state index contributed by atoms with van der Waals surface area (Å²) >= 11 is 0. The van der Waals surface area contributed by atoms with Gasteiger partial charge in [-0.15, -0.1) is 0 Å². The number of hydrogen-bond acceptors (Lipinski definition) is 6. The number of carbonyl (C=O) groups is 1. The number of nitrogens with zero attached hydrogens (tertiary/aromatic N) is 3. The van der Waals surface area contributed by atoms with E-state index < -0.39 is 6.10 Å². The number of anilines is 1. The number of nitrogens with two attached hydrogens (primary N) is 1. The van der Waals surface area contributed by atoms with Gasteiger partial charge < -0.3 is 15.7 Å². The fourth-order valence-corrected chi connectivity index (χ4v) is 1.42. The number of rotatable bonds is 1. The van der Waals surface area contributed by atoms with Crippen molar-refractivity contribution in [3.63, 3.8) is 0 Å². The van der Waals surface area contributed by atoms with E-state index in [1.54, 1.807) is 0 Å². The van der Waals surface area contributed by atoms with Crippen molar-refractivity contribution in [3.05, 3.63) is 5.69 Å². The molecule has 0 aromatic carbocycles. The number of aromatic nitrogens is 2. The second-order valence-electron chi connectivity index (χ2n) is 3.19. The molecule has 2 heterocycles. The topological polar surface area (TPSA) is 105 Å². The second-order valence-corrected chi connectivity index (χ2v) is 3.19. The first-order valence-electron chi connectivity index (χ1n) is 4.24. The Morgan fingerprint density at radius 3 is 2.93 bits per heavy atom. The van der Waals surface area contributed by atoms with Gasteiger partial charge in [-0.25, -0.2) is 4.63 Å². The molecule has 2 rings (SSSR count). The Morgan fingerprint density at radius 2 is 2.43 bits per heavy atom. The van der Waals surface area contributed by atoms with Crippen LogP contribution in [0.3, 0.4) is 0 Å². The third-order valence-corrected chi connectivity index (χ3v) is 2.17. The Kier molecular flexibility index (Phi) is 2.08. The Labute approximate surface area is 79.4 Å². The molecule has 0 radical (unpaired) electrons. The quantitative estimate of drug-likeness (QED) is 0.590. The maximum absolute atomic E-state index is 11.6. The van der Waals surface area contributed by atoms with Gasteiger partial charge in [-0.3, -0.25) is 4.79 Å². The summed E-state index contributed by atoms with van der Waals surface area (Å²) in [4.78, 5) is 13.1. The maximum atomic E-state index is 11.6. The zero-order valence-electron chi connectivity index (χ0n) is 7.38. The van der Waals surface area contributed by atoms with E-state index in [1.807, 2.05) is 0 Å². The van der Waals surface area contributed by atoms with Gasteiger partial charge in [-0.05, 0) is 16.7 Å². The Balaban J connectivity index is 2.13. The number of aliphatic hydroxyl groups is 1. The average molecular weight is 198 g/mol. The standard InChI is InChI=1S/C7H10N4O3/c8-6-5(9-14-10-6)7(13)11-2-1-4(12)3-11/h4,12H,1-3H2,(H2,8,10).